The third kappa shape index (κ3) is 3.44. The highest BCUT2D eigenvalue weighted by molar-refractivity contribution is 5.85. The molecule has 1 radical (unpaired) electrons. The molecule has 0 heteroatoms. The average molecular weight is 366 g/mol. The van der Waals surface area contributed by atoms with Crippen LogP contribution in [0.4, 0.5) is 0 Å². The van der Waals surface area contributed by atoms with Gasteiger partial charge in [0.05, 0.1) is 0 Å². The molecule has 0 spiro atoms. The predicted octanol–water partition coefficient (Wildman–Crippen LogP) is 8.08. The van der Waals surface area contributed by atoms with Crippen LogP contribution in [0.2, 0.25) is 0 Å². The lowest BCUT2D eigenvalue weighted by Crippen LogP contribution is -2.27. The Morgan fingerprint density at radius 1 is 0.643 bits per heavy atom. The average Bonchev–Trinajstić information content (AvgIpc) is 2.76. The van der Waals surface area contributed by atoms with Gasteiger partial charge in [-0.15, -0.1) is 0 Å². The Balaban J connectivity index is 1.88. The van der Waals surface area contributed by atoms with Gasteiger partial charge in [-0.05, 0) is 45.5 Å². The molecule has 0 aliphatic carbocycles. The largest absolute Gasteiger partial charge is 0.0654 e. The number of hydrogen-bond acceptors (Lipinski definition) is 0. The molecule has 0 aliphatic rings. The van der Waals surface area contributed by atoms with Crippen LogP contribution in [0.5, 0.6) is 0 Å². The molecule has 0 nitrogen and oxygen atoms in total. The Bertz CT molecular complexity index is 994. The second-order valence-electron chi connectivity index (χ2n) is 7.91. The molecule has 0 amide bonds. The van der Waals surface area contributed by atoms with Crippen LogP contribution in [-0.2, 0) is 5.41 Å². The SMILES string of the molecule is [CH2]CC(CCCCC)(c1ccc2ccccc2c1)c1ccc2ccccc2c1. The van der Waals surface area contributed by atoms with E-state index in [4.69, 9.17) is 0 Å². The van der Waals surface area contributed by atoms with Crippen LogP contribution in [0.25, 0.3) is 21.5 Å². The third-order valence-corrected chi connectivity index (χ3v) is 6.24. The molecule has 0 aromatic heterocycles. The van der Waals surface area contributed by atoms with Crippen molar-refractivity contribution < 1.29 is 0 Å². The number of benzene rings is 4. The van der Waals surface area contributed by atoms with E-state index in [9.17, 15) is 0 Å². The van der Waals surface area contributed by atoms with Crippen LogP contribution in [0.1, 0.15) is 50.2 Å². The molecule has 4 aromatic rings. The first-order valence-electron chi connectivity index (χ1n) is 10.5. The van der Waals surface area contributed by atoms with Crippen LogP contribution >= 0.6 is 0 Å². The van der Waals surface area contributed by atoms with Gasteiger partial charge in [0.25, 0.3) is 0 Å². The summed E-state index contributed by atoms with van der Waals surface area (Å²) in [7, 11) is 0. The molecule has 0 unspecified atom stereocenters. The van der Waals surface area contributed by atoms with Gasteiger partial charge >= 0.3 is 0 Å². The molecule has 0 N–H and O–H groups in total. The van der Waals surface area contributed by atoms with Crippen LogP contribution in [0.15, 0.2) is 84.9 Å². The van der Waals surface area contributed by atoms with Crippen molar-refractivity contribution >= 4 is 21.5 Å². The lowest BCUT2D eigenvalue weighted by atomic mass is 9.68. The molecule has 0 atom stereocenters. The summed E-state index contributed by atoms with van der Waals surface area (Å²) < 4.78 is 0. The number of rotatable bonds is 7. The van der Waals surface area contributed by atoms with E-state index in [0.717, 1.165) is 12.8 Å². The van der Waals surface area contributed by atoms with E-state index in [0.29, 0.717) is 0 Å². The molecular weight excluding hydrogens is 336 g/mol. The van der Waals surface area contributed by atoms with Gasteiger partial charge in [0, 0.05) is 5.41 Å². The summed E-state index contributed by atoms with van der Waals surface area (Å²) in [4.78, 5) is 0. The Hall–Kier alpha value is -2.60. The smallest absolute Gasteiger partial charge is 0.0203 e. The number of fused-ring (bicyclic) bond motifs is 2. The van der Waals surface area contributed by atoms with E-state index in [1.54, 1.807) is 0 Å². The van der Waals surface area contributed by atoms with E-state index in [2.05, 4.69) is 98.8 Å². The van der Waals surface area contributed by atoms with Crippen LogP contribution in [0.3, 0.4) is 0 Å². The highest BCUT2D eigenvalue weighted by Gasteiger charge is 2.32. The van der Waals surface area contributed by atoms with E-state index >= 15 is 0 Å². The summed E-state index contributed by atoms with van der Waals surface area (Å²) in [5.74, 6) is 0. The first-order chi connectivity index (χ1) is 13.8. The zero-order chi connectivity index (χ0) is 19.4. The van der Waals surface area contributed by atoms with Crippen LogP contribution in [-0.4, -0.2) is 0 Å². The van der Waals surface area contributed by atoms with Gasteiger partial charge < -0.3 is 0 Å². The number of unbranched alkanes of at least 4 members (excludes halogenated alkanes) is 2. The van der Waals surface area contributed by atoms with Gasteiger partial charge in [-0.25, -0.2) is 0 Å². The van der Waals surface area contributed by atoms with Gasteiger partial charge in [0.2, 0.25) is 0 Å². The van der Waals surface area contributed by atoms with Crippen molar-refractivity contribution in [1.82, 2.24) is 0 Å². The monoisotopic (exact) mass is 365 g/mol. The Morgan fingerprint density at radius 2 is 1.14 bits per heavy atom. The van der Waals surface area contributed by atoms with Crippen molar-refractivity contribution in [2.75, 3.05) is 0 Å². The van der Waals surface area contributed by atoms with Crippen LogP contribution in [0, 0.1) is 6.92 Å². The first kappa shape index (κ1) is 18.7. The minimum atomic E-state index is -0.0385. The molecular formula is C28H29. The minimum absolute atomic E-state index is 0.0385. The fraction of sp³-hybridized carbons (Fsp3) is 0.250. The first-order valence-corrected chi connectivity index (χ1v) is 10.5. The molecule has 141 valence electrons. The highest BCUT2D eigenvalue weighted by Crippen LogP contribution is 2.42. The third-order valence-electron chi connectivity index (χ3n) is 6.24. The maximum absolute atomic E-state index is 4.45. The molecule has 0 fully saturated rings. The van der Waals surface area contributed by atoms with Gasteiger partial charge in [0.15, 0.2) is 0 Å². The molecule has 0 aliphatic heterocycles. The van der Waals surface area contributed by atoms with Gasteiger partial charge in [0.1, 0.15) is 0 Å². The van der Waals surface area contributed by atoms with Crippen molar-refractivity contribution in [3.8, 4) is 0 Å². The summed E-state index contributed by atoms with van der Waals surface area (Å²) in [6.45, 7) is 6.73. The van der Waals surface area contributed by atoms with Gasteiger partial charge in [-0.1, -0.05) is 118 Å². The van der Waals surface area contributed by atoms with Crippen molar-refractivity contribution in [2.45, 2.75) is 44.4 Å². The van der Waals surface area contributed by atoms with Crippen molar-refractivity contribution in [2.24, 2.45) is 0 Å². The lowest BCUT2D eigenvalue weighted by Gasteiger charge is -2.35. The molecule has 4 rings (SSSR count). The van der Waals surface area contributed by atoms with E-state index in [1.165, 1.54) is 51.9 Å². The number of hydrogen-bond donors (Lipinski definition) is 0. The quantitative estimate of drug-likeness (QED) is 0.290. The van der Waals surface area contributed by atoms with E-state index in [1.807, 2.05) is 0 Å². The maximum atomic E-state index is 4.45. The lowest BCUT2D eigenvalue weighted by molar-refractivity contribution is 0.448. The Labute approximate surface area is 169 Å². The van der Waals surface area contributed by atoms with E-state index < -0.39 is 0 Å². The van der Waals surface area contributed by atoms with Crippen molar-refractivity contribution in [3.05, 3.63) is 103 Å². The normalized spacial score (nSPS) is 11.9. The fourth-order valence-corrected chi connectivity index (χ4v) is 4.52. The second-order valence-corrected chi connectivity index (χ2v) is 7.91. The zero-order valence-corrected chi connectivity index (χ0v) is 16.8. The summed E-state index contributed by atoms with van der Waals surface area (Å²) in [6, 6.07) is 31.3. The summed E-state index contributed by atoms with van der Waals surface area (Å²) in [5.41, 5.74) is 2.75. The Kier molecular flexibility index (Phi) is 5.48. The standard InChI is InChI=1S/C28H29/c1-3-5-10-19-28(4-2,26-17-15-22-11-6-8-13-24(22)20-26)27-18-16-23-12-7-9-14-25(23)21-27/h6-9,11-18,20-21H,2-5,10,19H2,1H3. The second kappa shape index (κ2) is 8.19. The van der Waals surface area contributed by atoms with E-state index in [-0.39, 0.29) is 5.41 Å². The molecule has 28 heavy (non-hydrogen) atoms. The van der Waals surface area contributed by atoms with Crippen molar-refractivity contribution in [3.63, 3.8) is 0 Å². The molecule has 0 heterocycles. The maximum Gasteiger partial charge on any atom is 0.0203 e. The molecule has 4 aromatic carbocycles. The van der Waals surface area contributed by atoms with Crippen LogP contribution < -0.4 is 0 Å². The predicted molar refractivity (Wildman–Crippen MR) is 123 cm³/mol. The summed E-state index contributed by atoms with van der Waals surface area (Å²) in [5, 5.41) is 5.23. The topological polar surface area (TPSA) is 0 Å². The molecule has 0 saturated heterocycles. The van der Waals surface area contributed by atoms with Crippen molar-refractivity contribution in [1.29, 1.82) is 0 Å². The Morgan fingerprint density at radius 3 is 1.61 bits per heavy atom. The minimum Gasteiger partial charge on any atom is -0.0654 e. The summed E-state index contributed by atoms with van der Waals surface area (Å²) in [6.07, 6.45) is 5.74. The zero-order valence-electron chi connectivity index (χ0n) is 16.8. The van der Waals surface area contributed by atoms with Gasteiger partial charge in [-0.3, -0.25) is 0 Å². The van der Waals surface area contributed by atoms with Gasteiger partial charge in [-0.2, -0.15) is 0 Å². The summed E-state index contributed by atoms with van der Waals surface area (Å²) >= 11 is 0. The molecule has 0 bridgehead atoms. The fourth-order valence-electron chi connectivity index (χ4n) is 4.52. The molecule has 0 saturated carbocycles. The highest BCUT2D eigenvalue weighted by atomic mass is 14.4.